The summed E-state index contributed by atoms with van der Waals surface area (Å²) in [5, 5.41) is 17.2. The molecule has 0 aliphatic rings. The predicted octanol–water partition coefficient (Wildman–Crippen LogP) is 4.70. The van der Waals surface area contributed by atoms with Crippen molar-refractivity contribution < 1.29 is 40.2 Å². The number of fused-ring (bicyclic) bond motifs is 1. The van der Waals surface area contributed by atoms with E-state index in [1.165, 1.54) is 25.3 Å². The average Bonchev–Trinajstić information content (AvgIpc) is 2.89. The second kappa shape index (κ2) is 11.3. The van der Waals surface area contributed by atoms with Crippen molar-refractivity contribution >= 4 is 16.5 Å². The molecule has 0 aliphatic heterocycles. The molecule has 4 rings (SSSR count). The lowest BCUT2D eigenvalue weighted by molar-refractivity contribution is -0.259. The number of hydrogen-bond acceptors (Lipinski definition) is 7. The van der Waals surface area contributed by atoms with Gasteiger partial charge >= 0.3 is 12.4 Å². The first-order chi connectivity index (χ1) is 19.9. The van der Waals surface area contributed by atoms with Gasteiger partial charge in [0.25, 0.3) is 11.1 Å². The minimum atomic E-state index is -5.02. The molecule has 3 atom stereocenters. The number of alkyl halides is 7. The molecule has 0 bridgehead atoms. The van der Waals surface area contributed by atoms with Gasteiger partial charge in [-0.2, -0.15) is 31.4 Å². The fraction of sp³-hybridized carbons (Fsp3) is 0.346. The summed E-state index contributed by atoms with van der Waals surface area (Å²) in [6, 6.07) is 2.44. The first kappa shape index (κ1) is 31.5. The van der Waals surface area contributed by atoms with Crippen molar-refractivity contribution in [2.24, 2.45) is 0 Å². The molecule has 0 fully saturated rings. The van der Waals surface area contributed by atoms with Gasteiger partial charge in [0.05, 0.1) is 29.4 Å². The van der Waals surface area contributed by atoms with Gasteiger partial charge in [0.1, 0.15) is 17.6 Å². The third kappa shape index (κ3) is 6.50. The Labute approximate surface area is 236 Å². The van der Waals surface area contributed by atoms with Crippen molar-refractivity contribution in [1.29, 1.82) is 0 Å². The van der Waals surface area contributed by atoms with E-state index in [-0.39, 0.29) is 28.6 Å². The van der Waals surface area contributed by atoms with Gasteiger partial charge in [-0.05, 0) is 37.4 Å². The number of H-pyrrole nitrogens is 1. The maximum absolute atomic E-state index is 15.0. The molecule has 3 N–H and O–H groups in total. The Balaban J connectivity index is 1.52. The maximum Gasteiger partial charge on any atom is 0.423 e. The van der Waals surface area contributed by atoms with E-state index < -0.39 is 70.5 Å². The maximum atomic E-state index is 15.0. The van der Waals surface area contributed by atoms with Gasteiger partial charge in [0.15, 0.2) is 11.4 Å². The Morgan fingerprint density at radius 2 is 1.72 bits per heavy atom. The summed E-state index contributed by atoms with van der Waals surface area (Å²) in [6.45, 7) is 1.35. The van der Waals surface area contributed by atoms with Crippen LogP contribution in [0.1, 0.15) is 31.4 Å². The molecule has 0 spiro atoms. The van der Waals surface area contributed by atoms with Crippen LogP contribution >= 0.6 is 0 Å². The van der Waals surface area contributed by atoms with Crippen LogP contribution in [0.4, 0.5) is 40.8 Å². The van der Waals surface area contributed by atoms with Crippen LogP contribution in [0.5, 0.6) is 0 Å². The SMILES string of the molecule is C[C@@H](C[C@H](F)Cn1ccc2cc(-c3ncc([C@@](C)(O)C(F)(F)F)cn3)c(F)cc2c1=O)Nc1cn[nH]c(=O)c1C(F)(F)F. The Hall–Kier alpha value is -4.41. The highest BCUT2D eigenvalue weighted by Gasteiger charge is 2.51. The molecule has 0 aliphatic carbocycles. The number of halogens is 8. The van der Waals surface area contributed by atoms with Crippen molar-refractivity contribution in [3.8, 4) is 11.4 Å². The summed E-state index contributed by atoms with van der Waals surface area (Å²) in [5.41, 5.74) is -8.60. The molecule has 0 saturated heterocycles. The van der Waals surface area contributed by atoms with Crippen molar-refractivity contribution in [3.05, 3.63) is 80.6 Å². The normalized spacial score (nSPS) is 15.2. The molecular formula is C26H22F8N6O3. The van der Waals surface area contributed by atoms with E-state index in [2.05, 4.69) is 20.4 Å². The number of anilines is 1. The summed E-state index contributed by atoms with van der Waals surface area (Å²) in [7, 11) is 0. The summed E-state index contributed by atoms with van der Waals surface area (Å²) < 4.78 is 110. The highest BCUT2D eigenvalue weighted by Crippen LogP contribution is 2.38. The zero-order valence-corrected chi connectivity index (χ0v) is 22.2. The van der Waals surface area contributed by atoms with E-state index in [0.29, 0.717) is 19.3 Å². The number of rotatable bonds is 8. The minimum Gasteiger partial charge on any atom is -0.381 e. The monoisotopic (exact) mass is 618 g/mol. The predicted molar refractivity (Wildman–Crippen MR) is 137 cm³/mol. The topological polar surface area (TPSA) is 126 Å². The average molecular weight is 618 g/mol. The largest absolute Gasteiger partial charge is 0.423 e. The lowest BCUT2D eigenvalue weighted by atomic mass is 9.98. The summed E-state index contributed by atoms with van der Waals surface area (Å²) in [6.07, 6.45) is -8.79. The smallest absolute Gasteiger partial charge is 0.381 e. The Bertz CT molecular complexity index is 1750. The third-order valence-corrected chi connectivity index (χ3v) is 6.62. The van der Waals surface area contributed by atoms with Crippen molar-refractivity contribution in [3.63, 3.8) is 0 Å². The molecule has 0 radical (unpaired) electrons. The van der Waals surface area contributed by atoms with Crippen LogP contribution in [0.2, 0.25) is 0 Å². The summed E-state index contributed by atoms with van der Waals surface area (Å²) in [5.74, 6) is -1.32. The quantitative estimate of drug-likeness (QED) is 0.245. The second-order valence-corrected chi connectivity index (χ2v) is 9.92. The van der Waals surface area contributed by atoms with Crippen molar-refractivity contribution in [1.82, 2.24) is 24.7 Å². The Morgan fingerprint density at radius 3 is 2.33 bits per heavy atom. The van der Waals surface area contributed by atoms with Gasteiger partial charge in [-0.25, -0.2) is 23.8 Å². The molecular weight excluding hydrogens is 596 g/mol. The van der Waals surface area contributed by atoms with Crippen LogP contribution in [0, 0.1) is 5.82 Å². The fourth-order valence-electron chi connectivity index (χ4n) is 4.29. The van der Waals surface area contributed by atoms with Gasteiger partial charge in [-0.1, -0.05) is 0 Å². The van der Waals surface area contributed by atoms with Gasteiger partial charge in [0, 0.05) is 36.6 Å². The number of nitrogens with zero attached hydrogens (tertiary/aromatic N) is 4. The molecule has 3 aromatic heterocycles. The van der Waals surface area contributed by atoms with Crippen LogP contribution < -0.4 is 16.4 Å². The molecule has 230 valence electrons. The van der Waals surface area contributed by atoms with E-state index in [1.54, 1.807) is 5.10 Å². The van der Waals surface area contributed by atoms with Crippen LogP contribution in [0.3, 0.4) is 0 Å². The molecule has 43 heavy (non-hydrogen) atoms. The summed E-state index contributed by atoms with van der Waals surface area (Å²) in [4.78, 5) is 32.0. The van der Waals surface area contributed by atoms with Crippen LogP contribution in [0.15, 0.2) is 52.6 Å². The van der Waals surface area contributed by atoms with Gasteiger partial charge in [-0.3, -0.25) is 9.59 Å². The van der Waals surface area contributed by atoms with Gasteiger partial charge in [-0.15, -0.1) is 0 Å². The van der Waals surface area contributed by atoms with Crippen LogP contribution in [-0.2, 0) is 18.3 Å². The lowest BCUT2D eigenvalue weighted by Crippen LogP contribution is -2.39. The molecule has 3 heterocycles. The van der Waals surface area contributed by atoms with Gasteiger partial charge in [0.2, 0.25) is 0 Å². The van der Waals surface area contributed by atoms with E-state index in [4.69, 9.17) is 0 Å². The van der Waals surface area contributed by atoms with E-state index >= 15 is 0 Å². The Kier molecular flexibility index (Phi) is 8.32. The molecule has 0 saturated carbocycles. The van der Waals surface area contributed by atoms with E-state index in [0.717, 1.165) is 16.8 Å². The van der Waals surface area contributed by atoms with E-state index in [9.17, 15) is 49.8 Å². The zero-order valence-electron chi connectivity index (χ0n) is 22.2. The van der Waals surface area contributed by atoms with Crippen molar-refractivity contribution in [2.75, 3.05) is 5.32 Å². The molecule has 0 unspecified atom stereocenters. The number of aliphatic hydroxyl groups is 1. The summed E-state index contributed by atoms with van der Waals surface area (Å²) >= 11 is 0. The highest BCUT2D eigenvalue weighted by molar-refractivity contribution is 5.86. The highest BCUT2D eigenvalue weighted by atomic mass is 19.4. The molecule has 1 aromatic carbocycles. The molecule has 9 nitrogen and oxygen atoms in total. The first-order valence-corrected chi connectivity index (χ1v) is 12.4. The fourth-order valence-corrected chi connectivity index (χ4v) is 4.29. The molecule has 17 heteroatoms. The van der Waals surface area contributed by atoms with E-state index in [1.807, 2.05) is 0 Å². The van der Waals surface area contributed by atoms with Crippen LogP contribution in [-0.4, -0.2) is 48.2 Å². The van der Waals surface area contributed by atoms with Gasteiger partial charge < -0.3 is 15.0 Å². The third-order valence-electron chi connectivity index (χ3n) is 6.62. The number of aromatic amines is 1. The number of benzene rings is 1. The number of pyridine rings is 1. The number of aromatic nitrogens is 5. The Morgan fingerprint density at radius 1 is 1.07 bits per heavy atom. The number of nitrogens with one attached hydrogen (secondary N) is 2. The zero-order chi connectivity index (χ0) is 31.9. The first-order valence-electron chi connectivity index (χ1n) is 12.4. The number of hydrogen-bond donors (Lipinski definition) is 3. The van der Waals surface area contributed by atoms with Crippen LogP contribution in [0.25, 0.3) is 22.2 Å². The minimum absolute atomic E-state index is 0.164. The molecule has 4 aromatic rings. The lowest BCUT2D eigenvalue weighted by Gasteiger charge is -2.25. The van der Waals surface area contributed by atoms with Crippen molar-refractivity contribution in [2.45, 2.75) is 57.0 Å². The standard InChI is InChI=1S/C26H22F8N6O3/c1-12(38-19-10-37-39-22(41)20(19)25(29,30)31)5-15(27)11-40-4-3-13-6-17(18(28)7-16(13)23(40)42)21-35-8-14(9-36-21)24(2,43)26(32,33)34/h3-4,6-10,12,15,43H,5,11H2,1-2H3,(H2,38,39,41)/t12-,15-,24+/m0/s1. The second-order valence-electron chi connectivity index (χ2n) is 9.92. The molecule has 0 amide bonds.